The van der Waals surface area contributed by atoms with Crippen LogP contribution < -0.4 is 5.32 Å². The molecular formula is C13H15N3S. The molecule has 0 amide bonds. The highest BCUT2D eigenvalue weighted by atomic mass is 32.2. The van der Waals surface area contributed by atoms with E-state index < -0.39 is 0 Å². The van der Waals surface area contributed by atoms with Crippen molar-refractivity contribution in [3.63, 3.8) is 0 Å². The van der Waals surface area contributed by atoms with Crippen molar-refractivity contribution in [3.8, 4) is 0 Å². The van der Waals surface area contributed by atoms with Crippen LogP contribution in [0.25, 0.3) is 0 Å². The molecule has 2 rings (SSSR count). The normalized spacial score (nSPS) is 12.4. The van der Waals surface area contributed by atoms with Gasteiger partial charge in [-0.25, -0.2) is 4.98 Å². The van der Waals surface area contributed by atoms with Crippen LogP contribution in [0.2, 0.25) is 0 Å². The Morgan fingerprint density at radius 1 is 1.24 bits per heavy atom. The van der Waals surface area contributed by atoms with E-state index in [0.717, 1.165) is 5.03 Å². The van der Waals surface area contributed by atoms with Gasteiger partial charge >= 0.3 is 0 Å². The van der Waals surface area contributed by atoms with E-state index in [0.29, 0.717) is 6.04 Å². The van der Waals surface area contributed by atoms with Gasteiger partial charge in [-0.15, -0.1) is 0 Å². The Kier molecular flexibility index (Phi) is 4.12. The summed E-state index contributed by atoms with van der Waals surface area (Å²) in [4.78, 5) is 9.57. The summed E-state index contributed by atoms with van der Waals surface area (Å²) in [5.41, 5.74) is 1.28. The molecule has 88 valence electrons. The van der Waals surface area contributed by atoms with Crippen LogP contribution in [0.1, 0.15) is 18.5 Å². The molecule has 1 N–H and O–H groups in total. The highest BCUT2D eigenvalue weighted by molar-refractivity contribution is 7.99. The zero-order chi connectivity index (χ0) is 12.1. The van der Waals surface area contributed by atoms with E-state index in [-0.39, 0.29) is 0 Å². The van der Waals surface area contributed by atoms with Gasteiger partial charge in [0, 0.05) is 23.3 Å². The molecule has 0 aliphatic heterocycles. The highest BCUT2D eigenvalue weighted by Crippen LogP contribution is 2.31. The lowest BCUT2D eigenvalue weighted by molar-refractivity contribution is 0.641. The van der Waals surface area contributed by atoms with Crippen LogP contribution in [0.15, 0.2) is 52.8 Å². The van der Waals surface area contributed by atoms with Crippen molar-refractivity contribution < 1.29 is 0 Å². The molecule has 0 bridgehead atoms. The molecule has 0 spiro atoms. The SMILES string of the molecule is CNC(C)c1ccccc1Sc1cnccn1. The number of nitrogens with one attached hydrogen (secondary N) is 1. The van der Waals surface area contributed by atoms with Gasteiger partial charge in [-0.05, 0) is 25.6 Å². The van der Waals surface area contributed by atoms with Crippen LogP contribution in [0.3, 0.4) is 0 Å². The standard InChI is InChI=1S/C13H15N3S/c1-10(14-2)11-5-3-4-6-12(11)17-13-9-15-7-8-16-13/h3-10,14H,1-2H3. The van der Waals surface area contributed by atoms with E-state index in [1.807, 2.05) is 13.1 Å². The van der Waals surface area contributed by atoms with Gasteiger partial charge in [-0.2, -0.15) is 0 Å². The predicted molar refractivity (Wildman–Crippen MR) is 70.1 cm³/mol. The van der Waals surface area contributed by atoms with Gasteiger partial charge in [0.15, 0.2) is 0 Å². The second-order valence-electron chi connectivity index (χ2n) is 3.69. The molecule has 0 radical (unpaired) electrons. The van der Waals surface area contributed by atoms with E-state index >= 15 is 0 Å². The van der Waals surface area contributed by atoms with Crippen LogP contribution in [-0.2, 0) is 0 Å². The minimum atomic E-state index is 0.329. The summed E-state index contributed by atoms with van der Waals surface area (Å²) in [7, 11) is 1.97. The van der Waals surface area contributed by atoms with Gasteiger partial charge in [-0.3, -0.25) is 4.98 Å². The molecule has 0 fully saturated rings. The monoisotopic (exact) mass is 245 g/mol. The topological polar surface area (TPSA) is 37.8 Å². The predicted octanol–water partition coefficient (Wildman–Crippen LogP) is 2.91. The number of rotatable bonds is 4. The Balaban J connectivity index is 2.27. The Labute approximate surface area is 106 Å². The molecule has 0 aliphatic rings. The van der Waals surface area contributed by atoms with Crippen LogP contribution in [0.5, 0.6) is 0 Å². The van der Waals surface area contributed by atoms with Crippen molar-refractivity contribution >= 4 is 11.8 Å². The fourth-order valence-corrected chi connectivity index (χ4v) is 2.50. The Bertz CT molecular complexity index is 473. The summed E-state index contributed by atoms with van der Waals surface area (Å²) in [6.45, 7) is 2.15. The maximum atomic E-state index is 4.28. The van der Waals surface area contributed by atoms with Crippen molar-refractivity contribution in [1.29, 1.82) is 0 Å². The minimum Gasteiger partial charge on any atom is -0.313 e. The summed E-state index contributed by atoms with van der Waals surface area (Å²) in [6, 6.07) is 8.69. The summed E-state index contributed by atoms with van der Waals surface area (Å²) in [5.74, 6) is 0. The quantitative estimate of drug-likeness (QED) is 0.898. The molecule has 2 aromatic rings. The summed E-state index contributed by atoms with van der Waals surface area (Å²) < 4.78 is 0. The smallest absolute Gasteiger partial charge is 0.119 e. The molecule has 1 atom stereocenters. The number of benzene rings is 1. The third-order valence-electron chi connectivity index (χ3n) is 2.57. The molecule has 0 aliphatic carbocycles. The molecule has 3 nitrogen and oxygen atoms in total. The number of hydrogen-bond acceptors (Lipinski definition) is 4. The zero-order valence-corrected chi connectivity index (χ0v) is 10.7. The number of hydrogen-bond donors (Lipinski definition) is 1. The minimum absolute atomic E-state index is 0.329. The second-order valence-corrected chi connectivity index (χ2v) is 4.76. The van der Waals surface area contributed by atoms with E-state index in [1.54, 1.807) is 30.4 Å². The van der Waals surface area contributed by atoms with E-state index in [9.17, 15) is 0 Å². The maximum absolute atomic E-state index is 4.28. The lowest BCUT2D eigenvalue weighted by Crippen LogP contribution is -2.13. The third kappa shape index (κ3) is 3.05. The molecule has 1 aromatic heterocycles. The first-order valence-corrected chi connectivity index (χ1v) is 6.33. The zero-order valence-electron chi connectivity index (χ0n) is 9.92. The van der Waals surface area contributed by atoms with Gasteiger partial charge < -0.3 is 5.32 Å². The molecule has 1 aromatic carbocycles. The van der Waals surface area contributed by atoms with Crippen LogP contribution >= 0.6 is 11.8 Å². The molecule has 1 heterocycles. The van der Waals surface area contributed by atoms with Gasteiger partial charge in [0.25, 0.3) is 0 Å². The fraction of sp³-hybridized carbons (Fsp3) is 0.231. The second kappa shape index (κ2) is 5.80. The molecule has 0 saturated carbocycles. The van der Waals surface area contributed by atoms with Gasteiger partial charge in [-0.1, -0.05) is 30.0 Å². The summed E-state index contributed by atoms with van der Waals surface area (Å²) in [5, 5.41) is 4.18. The van der Waals surface area contributed by atoms with Gasteiger partial charge in [0.05, 0.1) is 6.20 Å². The first-order chi connectivity index (χ1) is 8.31. The van der Waals surface area contributed by atoms with E-state index in [2.05, 4.69) is 40.4 Å². The average Bonchev–Trinajstić information content (AvgIpc) is 2.40. The van der Waals surface area contributed by atoms with Crippen molar-refractivity contribution in [2.75, 3.05) is 7.05 Å². The van der Waals surface area contributed by atoms with E-state index in [4.69, 9.17) is 0 Å². The Hall–Kier alpha value is -1.39. The fourth-order valence-electron chi connectivity index (χ4n) is 1.54. The van der Waals surface area contributed by atoms with Crippen LogP contribution in [0.4, 0.5) is 0 Å². The lowest BCUT2D eigenvalue weighted by atomic mass is 10.1. The van der Waals surface area contributed by atoms with Gasteiger partial charge in [0.1, 0.15) is 5.03 Å². The van der Waals surface area contributed by atoms with Crippen LogP contribution in [-0.4, -0.2) is 17.0 Å². The summed E-state index contributed by atoms with van der Waals surface area (Å²) in [6.07, 6.45) is 5.18. The summed E-state index contributed by atoms with van der Waals surface area (Å²) >= 11 is 1.64. The van der Waals surface area contributed by atoms with Crippen molar-refractivity contribution in [3.05, 3.63) is 48.4 Å². The molecular weight excluding hydrogens is 230 g/mol. The molecule has 4 heteroatoms. The number of aromatic nitrogens is 2. The third-order valence-corrected chi connectivity index (χ3v) is 3.58. The first kappa shape index (κ1) is 12.1. The maximum Gasteiger partial charge on any atom is 0.119 e. The Morgan fingerprint density at radius 3 is 2.76 bits per heavy atom. The molecule has 1 unspecified atom stereocenters. The highest BCUT2D eigenvalue weighted by Gasteiger charge is 2.09. The Morgan fingerprint density at radius 2 is 2.06 bits per heavy atom. The van der Waals surface area contributed by atoms with Crippen molar-refractivity contribution in [1.82, 2.24) is 15.3 Å². The van der Waals surface area contributed by atoms with E-state index in [1.165, 1.54) is 10.5 Å². The largest absolute Gasteiger partial charge is 0.313 e. The van der Waals surface area contributed by atoms with Gasteiger partial charge in [0.2, 0.25) is 0 Å². The average molecular weight is 245 g/mol. The van der Waals surface area contributed by atoms with Crippen molar-refractivity contribution in [2.45, 2.75) is 22.9 Å². The van der Waals surface area contributed by atoms with Crippen molar-refractivity contribution in [2.24, 2.45) is 0 Å². The molecule has 17 heavy (non-hydrogen) atoms. The number of nitrogens with zero attached hydrogens (tertiary/aromatic N) is 2. The lowest BCUT2D eigenvalue weighted by Gasteiger charge is -2.14. The van der Waals surface area contributed by atoms with Crippen LogP contribution in [0, 0.1) is 0 Å². The first-order valence-electron chi connectivity index (χ1n) is 5.51. The molecule has 0 saturated heterocycles.